The minimum atomic E-state index is -0.361. The minimum Gasteiger partial charge on any atom is -0.494 e. The highest BCUT2D eigenvalue weighted by molar-refractivity contribution is 6.34. The number of nitrogens with one attached hydrogen (secondary N) is 2. The number of tetrazole rings is 1. The van der Waals surface area contributed by atoms with Gasteiger partial charge >= 0.3 is 0 Å². The van der Waals surface area contributed by atoms with Crippen molar-refractivity contribution in [1.82, 2.24) is 20.2 Å². The number of rotatable bonds is 8. The number of hydrogen-bond donors (Lipinski definition) is 2. The molecule has 2 amide bonds. The summed E-state index contributed by atoms with van der Waals surface area (Å²) < 4.78 is 5.39. The number of amides is 2. The molecule has 34 heavy (non-hydrogen) atoms. The van der Waals surface area contributed by atoms with Gasteiger partial charge in [0, 0.05) is 11.3 Å². The molecule has 0 saturated heterocycles. The van der Waals surface area contributed by atoms with Crippen LogP contribution in [0.25, 0.3) is 11.4 Å². The van der Waals surface area contributed by atoms with Crippen molar-refractivity contribution >= 4 is 34.8 Å². The van der Waals surface area contributed by atoms with E-state index in [9.17, 15) is 9.59 Å². The molecule has 0 aliphatic carbocycles. The number of benzene rings is 3. The van der Waals surface area contributed by atoms with Crippen LogP contribution < -0.4 is 15.4 Å². The average molecular weight is 477 g/mol. The van der Waals surface area contributed by atoms with E-state index in [0.717, 1.165) is 5.75 Å². The van der Waals surface area contributed by atoms with Crippen LogP contribution in [-0.2, 0) is 11.3 Å². The second-order valence-electron chi connectivity index (χ2n) is 7.13. The molecule has 1 heterocycles. The average Bonchev–Trinajstić information content (AvgIpc) is 3.29. The van der Waals surface area contributed by atoms with E-state index < -0.39 is 0 Å². The van der Waals surface area contributed by atoms with Crippen molar-refractivity contribution in [2.45, 2.75) is 13.5 Å². The number of anilines is 2. The zero-order valence-corrected chi connectivity index (χ0v) is 19.0. The minimum absolute atomic E-state index is 0.131. The Hall–Kier alpha value is -4.24. The van der Waals surface area contributed by atoms with Crippen molar-refractivity contribution in [1.29, 1.82) is 0 Å². The Morgan fingerprint density at radius 2 is 1.71 bits per heavy atom. The molecule has 0 bridgehead atoms. The standard InChI is InChI=1S/C24H21ClN6O3/c1-2-34-17-13-11-16(12-14-17)26-22(32)15-31-29-23(28-30-31)19-8-4-6-10-21(19)27-24(33)18-7-3-5-9-20(18)25/h3-14H,2,15H2,1H3,(H,26,32)(H,27,33). The van der Waals surface area contributed by atoms with E-state index in [1.165, 1.54) is 4.80 Å². The van der Waals surface area contributed by atoms with E-state index in [4.69, 9.17) is 16.3 Å². The molecule has 0 aliphatic heterocycles. The maximum Gasteiger partial charge on any atom is 0.257 e. The Morgan fingerprint density at radius 3 is 2.47 bits per heavy atom. The van der Waals surface area contributed by atoms with Crippen LogP contribution in [0.2, 0.25) is 5.02 Å². The summed E-state index contributed by atoms with van der Waals surface area (Å²) in [6, 6.07) is 20.9. The third-order valence-corrected chi connectivity index (χ3v) is 5.05. The molecule has 0 radical (unpaired) electrons. The van der Waals surface area contributed by atoms with Crippen LogP contribution >= 0.6 is 11.6 Å². The van der Waals surface area contributed by atoms with Gasteiger partial charge in [0.05, 0.1) is 22.9 Å². The second-order valence-corrected chi connectivity index (χ2v) is 7.54. The van der Waals surface area contributed by atoms with E-state index in [1.807, 2.05) is 6.92 Å². The fraction of sp³-hybridized carbons (Fsp3) is 0.125. The van der Waals surface area contributed by atoms with Crippen LogP contribution in [0, 0.1) is 0 Å². The highest BCUT2D eigenvalue weighted by Crippen LogP contribution is 2.26. The molecule has 0 fully saturated rings. The van der Waals surface area contributed by atoms with Gasteiger partial charge in [-0.2, -0.15) is 4.80 Å². The zero-order valence-electron chi connectivity index (χ0n) is 18.2. The lowest BCUT2D eigenvalue weighted by Gasteiger charge is -2.09. The molecule has 0 atom stereocenters. The van der Waals surface area contributed by atoms with E-state index in [0.29, 0.717) is 34.1 Å². The summed E-state index contributed by atoms with van der Waals surface area (Å²) in [6.45, 7) is 2.34. The Morgan fingerprint density at radius 1 is 0.971 bits per heavy atom. The molecular weight excluding hydrogens is 456 g/mol. The van der Waals surface area contributed by atoms with Gasteiger partial charge < -0.3 is 15.4 Å². The summed E-state index contributed by atoms with van der Waals surface area (Å²) in [5.74, 6) is 0.320. The molecule has 0 unspecified atom stereocenters. The van der Waals surface area contributed by atoms with Crippen LogP contribution in [0.1, 0.15) is 17.3 Å². The van der Waals surface area contributed by atoms with E-state index >= 15 is 0 Å². The Labute approximate surface area is 200 Å². The van der Waals surface area contributed by atoms with Crippen LogP contribution in [0.4, 0.5) is 11.4 Å². The third-order valence-electron chi connectivity index (χ3n) is 4.72. The van der Waals surface area contributed by atoms with Crippen molar-refractivity contribution < 1.29 is 14.3 Å². The molecule has 0 saturated carbocycles. The topological polar surface area (TPSA) is 111 Å². The highest BCUT2D eigenvalue weighted by Gasteiger charge is 2.16. The van der Waals surface area contributed by atoms with Gasteiger partial charge in [0.25, 0.3) is 5.91 Å². The van der Waals surface area contributed by atoms with Gasteiger partial charge in [0.1, 0.15) is 12.3 Å². The molecule has 0 spiro atoms. The van der Waals surface area contributed by atoms with Crippen molar-refractivity contribution in [2.75, 3.05) is 17.2 Å². The first-order chi connectivity index (χ1) is 16.5. The molecule has 0 aliphatic rings. The molecule has 2 N–H and O–H groups in total. The number of carbonyl (C=O) groups is 2. The van der Waals surface area contributed by atoms with Crippen LogP contribution in [-0.4, -0.2) is 38.6 Å². The molecular formula is C24H21ClN6O3. The van der Waals surface area contributed by atoms with E-state index in [2.05, 4.69) is 26.0 Å². The van der Waals surface area contributed by atoms with Gasteiger partial charge in [0.2, 0.25) is 11.7 Å². The number of carbonyl (C=O) groups excluding carboxylic acids is 2. The number of halogens is 1. The van der Waals surface area contributed by atoms with Gasteiger partial charge in [0.15, 0.2) is 0 Å². The van der Waals surface area contributed by atoms with E-state index in [1.54, 1.807) is 72.8 Å². The quantitative estimate of drug-likeness (QED) is 0.392. The first-order valence-corrected chi connectivity index (χ1v) is 10.9. The van der Waals surface area contributed by atoms with Gasteiger partial charge in [-0.15, -0.1) is 10.2 Å². The smallest absolute Gasteiger partial charge is 0.257 e. The monoisotopic (exact) mass is 476 g/mol. The summed E-state index contributed by atoms with van der Waals surface area (Å²) in [5, 5.41) is 18.3. The fourth-order valence-corrected chi connectivity index (χ4v) is 3.39. The van der Waals surface area contributed by atoms with Gasteiger partial charge in [-0.25, -0.2) is 0 Å². The molecule has 172 valence electrons. The summed E-state index contributed by atoms with van der Waals surface area (Å²) >= 11 is 6.13. The van der Waals surface area contributed by atoms with Crippen molar-refractivity contribution in [3.8, 4) is 17.1 Å². The number of aromatic nitrogens is 4. The first-order valence-electron chi connectivity index (χ1n) is 10.5. The predicted octanol–water partition coefficient (Wildman–Crippen LogP) is 4.28. The van der Waals surface area contributed by atoms with Crippen LogP contribution in [0.15, 0.2) is 72.8 Å². The normalized spacial score (nSPS) is 10.5. The van der Waals surface area contributed by atoms with Crippen molar-refractivity contribution in [3.63, 3.8) is 0 Å². The lowest BCUT2D eigenvalue weighted by atomic mass is 10.1. The first kappa shape index (κ1) is 22.9. The third kappa shape index (κ3) is 5.57. The zero-order chi connectivity index (χ0) is 23.9. The maximum absolute atomic E-state index is 12.7. The number of ether oxygens (including phenoxy) is 1. The lowest BCUT2D eigenvalue weighted by molar-refractivity contribution is -0.117. The van der Waals surface area contributed by atoms with Gasteiger partial charge in [-0.1, -0.05) is 35.9 Å². The molecule has 3 aromatic carbocycles. The SMILES string of the molecule is CCOc1ccc(NC(=O)Cn2nnc(-c3ccccc3NC(=O)c3ccccc3Cl)n2)cc1. The Bertz CT molecular complexity index is 1310. The highest BCUT2D eigenvalue weighted by atomic mass is 35.5. The molecule has 1 aromatic heterocycles. The largest absolute Gasteiger partial charge is 0.494 e. The molecule has 10 heteroatoms. The van der Waals surface area contributed by atoms with Gasteiger partial charge in [-0.3, -0.25) is 9.59 Å². The van der Waals surface area contributed by atoms with E-state index in [-0.39, 0.29) is 24.2 Å². The van der Waals surface area contributed by atoms with Crippen molar-refractivity contribution in [2.24, 2.45) is 0 Å². The summed E-state index contributed by atoms with van der Waals surface area (Å²) in [6.07, 6.45) is 0. The number of para-hydroxylation sites is 1. The molecule has 9 nitrogen and oxygen atoms in total. The predicted molar refractivity (Wildman–Crippen MR) is 129 cm³/mol. The number of nitrogens with zero attached hydrogens (tertiary/aromatic N) is 4. The van der Waals surface area contributed by atoms with Crippen molar-refractivity contribution in [3.05, 3.63) is 83.4 Å². The lowest BCUT2D eigenvalue weighted by Crippen LogP contribution is -2.20. The van der Waals surface area contributed by atoms with Crippen LogP contribution in [0.5, 0.6) is 5.75 Å². The van der Waals surface area contributed by atoms with Crippen LogP contribution in [0.3, 0.4) is 0 Å². The Balaban J connectivity index is 1.44. The fourth-order valence-electron chi connectivity index (χ4n) is 3.17. The molecule has 4 aromatic rings. The second kappa shape index (κ2) is 10.6. The summed E-state index contributed by atoms with van der Waals surface area (Å²) in [7, 11) is 0. The van der Waals surface area contributed by atoms with Gasteiger partial charge in [-0.05, 0) is 60.7 Å². The maximum atomic E-state index is 12.7. The molecule has 4 rings (SSSR count). The Kier molecular flexibility index (Phi) is 7.14. The summed E-state index contributed by atoms with van der Waals surface area (Å²) in [4.78, 5) is 26.3. The summed E-state index contributed by atoms with van der Waals surface area (Å²) in [5.41, 5.74) is 2.02. The number of hydrogen-bond acceptors (Lipinski definition) is 6.